The molecule has 108 valence electrons. The standard InChI is InChI=1S/C17H21NS.ClH/c1-14-6-7-16-13-18(10-8-15(16)12-14)9-2-4-17-5-3-11-19-17;/h3,5-7,11-12H,2,4,8-10,13H2,1H3;1H. The van der Waals surface area contributed by atoms with Crippen LogP contribution in [0.2, 0.25) is 0 Å². The molecule has 0 bridgehead atoms. The first kappa shape index (κ1) is 15.6. The Balaban J connectivity index is 0.00000147. The molecule has 1 aromatic carbocycles. The lowest BCUT2D eigenvalue weighted by molar-refractivity contribution is 0.251. The molecule has 3 rings (SSSR count). The monoisotopic (exact) mass is 307 g/mol. The van der Waals surface area contributed by atoms with Gasteiger partial charge in [-0.3, -0.25) is 4.90 Å². The average molecular weight is 308 g/mol. The van der Waals surface area contributed by atoms with E-state index in [1.54, 1.807) is 5.56 Å². The smallest absolute Gasteiger partial charge is 0.0236 e. The molecule has 0 atom stereocenters. The van der Waals surface area contributed by atoms with Gasteiger partial charge in [-0.1, -0.05) is 29.8 Å². The molecule has 2 heterocycles. The van der Waals surface area contributed by atoms with Crippen LogP contribution in [0.15, 0.2) is 35.7 Å². The summed E-state index contributed by atoms with van der Waals surface area (Å²) in [6, 6.07) is 11.3. The summed E-state index contributed by atoms with van der Waals surface area (Å²) in [5.74, 6) is 0. The van der Waals surface area contributed by atoms with Crippen molar-refractivity contribution in [1.29, 1.82) is 0 Å². The van der Waals surface area contributed by atoms with Crippen LogP contribution in [0.1, 0.15) is 28.0 Å². The molecule has 0 saturated carbocycles. The van der Waals surface area contributed by atoms with Crippen molar-refractivity contribution in [2.24, 2.45) is 0 Å². The summed E-state index contributed by atoms with van der Waals surface area (Å²) >= 11 is 1.88. The maximum atomic E-state index is 2.60. The second-order valence-electron chi connectivity index (χ2n) is 5.48. The Morgan fingerprint density at radius 1 is 1.20 bits per heavy atom. The zero-order valence-corrected chi connectivity index (χ0v) is 13.6. The number of aryl methyl sites for hydroxylation is 2. The van der Waals surface area contributed by atoms with E-state index in [0.717, 1.165) is 6.54 Å². The van der Waals surface area contributed by atoms with Crippen LogP contribution in [0, 0.1) is 6.92 Å². The quantitative estimate of drug-likeness (QED) is 0.805. The predicted molar refractivity (Wildman–Crippen MR) is 90.0 cm³/mol. The molecule has 20 heavy (non-hydrogen) atoms. The molecule has 0 spiro atoms. The van der Waals surface area contributed by atoms with Crippen molar-refractivity contribution in [2.75, 3.05) is 13.1 Å². The summed E-state index contributed by atoms with van der Waals surface area (Å²) < 4.78 is 0. The number of hydrogen-bond donors (Lipinski definition) is 0. The molecule has 0 fully saturated rings. The van der Waals surface area contributed by atoms with E-state index < -0.39 is 0 Å². The highest BCUT2D eigenvalue weighted by Gasteiger charge is 2.15. The van der Waals surface area contributed by atoms with Gasteiger partial charge in [-0.05, 0) is 55.3 Å². The van der Waals surface area contributed by atoms with Crippen molar-refractivity contribution in [3.63, 3.8) is 0 Å². The van der Waals surface area contributed by atoms with Gasteiger partial charge in [-0.2, -0.15) is 0 Å². The molecule has 0 saturated heterocycles. The van der Waals surface area contributed by atoms with Gasteiger partial charge in [0.25, 0.3) is 0 Å². The van der Waals surface area contributed by atoms with Gasteiger partial charge in [0.15, 0.2) is 0 Å². The maximum absolute atomic E-state index is 2.60. The van der Waals surface area contributed by atoms with Crippen molar-refractivity contribution in [2.45, 2.75) is 32.7 Å². The Bertz CT molecular complexity index is 536. The SMILES string of the molecule is Cc1ccc2c(c1)CCN(CCCc1cccs1)C2.Cl. The van der Waals surface area contributed by atoms with E-state index in [1.807, 2.05) is 11.3 Å². The van der Waals surface area contributed by atoms with Crippen molar-refractivity contribution >= 4 is 23.7 Å². The molecule has 0 aliphatic carbocycles. The molecule has 1 aromatic heterocycles. The van der Waals surface area contributed by atoms with E-state index >= 15 is 0 Å². The van der Waals surface area contributed by atoms with E-state index in [2.05, 4.69) is 47.5 Å². The number of fused-ring (bicyclic) bond motifs is 1. The Morgan fingerprint density at radius 3 is 2.90 bits per heavy atom. The van der Waals surface area contributed by atoms with Crippen molar-refractivity contribution in [3.8, 4) is 0 Å². The van der Waals surface area contributed by atoms with Gasteiger partial charge < -0.3 is 0 Å². The molecule has 0 radical (unpaired) electrons. The van der Waals surface area contributed by atoms with Crippen LogP contribution in [0.5, 0.6) is 0 Å². The van der Waals surface area contributed by atoms with Gasteiger partial charge in [0.2, 0.25) is 0 Å². The van der Waals surface area contributed by atoms with E-state index in [1.165, 1.54) is 48.4 Å². The van der Waals surface area contributed by atoms with E-state index in [-0.39, 0.29) is 12.4 Å². The molecule has 1 aliphatic rings. The minimum atomic E-state index is 0. The summed E-state index contributed by atoms with van der Waals surface area (Å²) in [5, 5.41) is 2.18. The highest BCUT2D eigenvalue weighted by Crippen LogP contribution is 2.20. The van der Waals surface area contributed by atoms with E-state index in [0.29, 0.717) is 0 Å². The third kappa shape index (κ3) is 3.85. The highest BCUT2D eigenvalue weighted by molar-refractivity contribution is 7.09. The van der Waals surface area contributed by atoms with Gasteiger partial charge in [0, 0.05) is 18.0 Å². The van der Waals surface area contributed by atoms with Gasteiger partial charge in [-0.25, -0.2) is 0 Å². The Kier molecular flexibility index (Phi) is 5.64. The molecular weight excluding hydrogens is 286 g/mol. The van der Waals surface area contributed by atoms with Crippen LogP contribution >= 0.6 is 23.7 Å². The van der Waals surface area contributed by atoms with Crippen molar-refractivity contribution in [1.82, 2.24) is 4.90 Å². The molecule has 3 heteroatoms. The fourth-order valence-corrected chi connectivity index (χ4v) is 3.61. The number of hydrogen-bond acceptors (Lipinski definition) is 2. The third-order valence-corrected chi connectivity index (χ3v) is 4.87. The number of thiophene rings is 1. The Hall–Kier alpha value is -0.830. The average Bonchev–Trinajstić information content (AvgIpc) is 2.92. The largest absolute Gasteiger partial charge is 0.299 e. The van der Waals surface area contributed by atoms with Gasteiger partial charge in [-0.15, -0.1) is 23.7 Å². The summed E-state index contributed by atoms with van der Waals surface area (Å²) in [5.41, 5.74) is 4.49. The van der Waals surface area contributed by atoms with Crippen LogP contribution in [-0.4, -0.2) is 18.0 Å². The lowest BCUT2D eigenvalue weighted by atomic mass is 9.97. The molecule has 1 nitrogen and oxygen atoms in total. The van der Waals surface area contributed by atoms with Gasteiger partial charge >= 0.3 is 0 Å². The van der Waals surface area contributed by atoms with Gasteiger partial charge in [0.05, 0.1) is 0 Å². The maximum Gasteiger partial charge on any atom is 0.0236 e. The van der Waals surface area contributed by atoms with Crippen LogP contribution in [0.25, 0.3) is 0 Å². The number of rotatable bonds is 4. The predicted octanol–water partition coefficient (Wildman–Crippen LogP) is 4.47. The first-order valence-electron chi connectivity index (χ1n) is 7.14. The Labute approximate surface area is 132 Å². The first-order valence-corrected chi connectivity index (χ1v) is 8.02. The zero-order valence-electron chi connectivity index (χ0n) is 12.0. The molecule has 1 aliphatic heterocycles. The molecular formula is C17H22ClNS. The summed E-state index contributed by atoms with van der Waals surface area (Å²) in [6.45, 7) is 5.78. The lowest BCUT2D eigenvalue weighted by Crippen LogP contribution is -2.31. The fourth-order valence-electron chi connectivity index (χ4n) is 2.86. The normalized spacial score (nSPS) is 14.7. The minimum Gasteiger partial charge on any atom is -0.299 e. The number of halogens is 1. The molecule has 2 aromatic rings. The number of benzene rings is 1. The fraction of sp³-hybridized carbons (Fsp3) is 0.412. The van der Waals surface area contributed by atoms with Crippen LogP contribution in [0.3, 0.4) is 0 Å². The minimum absolute atomic E-state index is 0. The molecule has 0 unspecified atom stereocenters. The van der Waals surface area contributed by atoms with Crippen LogP contribution in [-0.2, 0) is 19.4 Å². The van der Waals surface area contributed by atoms with E-state index in [4.69, 9.17) is 0 Å². The lowest BCUT2D eigenvalue weighted by Gasteiger charge is -2.28. The summed E-state index contributed by atoms with van der Waals surface area (Å²) in [7, 11) is 0. The van der Waals surface area contributed by atoms with Gasteiger partial charge in [0.1, 0.15) is 0 Å². The Morgan fingerprint density at radius 2 is 2.10 bits per heavy atom. The van der Waals surface area contributed by atoms with E-state index in [9.17, 15) is 0 Å². The third-order valence-electron chi connectivity index (χ3n) is 3.93. The second kappa shape index (κ2) is 7.26. The summed E-state index contributed by atoms with van der Waals surface area (Å²) in [4.78, 5) is 4.12. The second-order valence-corrected chi connectivity index (χ2v) is 6.51. The van der Waals surface area contributed by atoms with Crippen LogP contribution < -0.4 is 0 Å². The molecule has 0 N–H and O–H groups in total. The molecule has 0 amide bonds. The number of nitrogens with zero attached hydrogens (tertiary/aromatic N) is 1. The van der Waals surface area contributed by atoms with Crippen molar-refractivity contribution in [3.05, 3.63) is 57.3 Å². The van der Waals surface area contributed by atoms with Crippen molar-refractivity contribution < 1.29 is 0 Å². The zero-order chi connectivity index (χ0) is 13.1. The van der Waals surface area contributed by atoms with Crippen LogP contribution in [0.4, 0.5) is 0 Å². The highest BCUT2D eigenvalue weighted by atomic mass is 35.5. The topological polar surface area (TPSA) is 3.24 Å². The first-order chi connectivity index (χ1) is 9.31. The summed E-state index contributed by atoms with van der Waals surface area (Å²) in [6.07, 6.45) is 3.73.